The predicted octanol–water partition coefficient (Wildman–Crippen LogP) is 4.76. The molecule has 1 aromatic heterocycles. The molecule has 3 aromatic rings. The molecule has 3 aliphatic carbocycles. The van der Waals surface area contributed by atoms with Crippen molar-refractivity contribution in [1.29, 1.82) is 0 Å². The van der Waals surface area contributed by atoms with E-state index in [1.165, 1.54) is 4.90 Å². The van der Waals surface area contributed by atoms with E-state index in [0.29, 0.717) is 66.6 Å². The van der Waals surface area contributed by atoms with E-state index in [0.717, 1.165) is 5.56 Å². The molecule has 2 heterocycles. The van der Waals surface area contributed by atoms with Gasteiger partial charge in [-0.3, -0.25) is 19.1 Å². The second-order valence-electron chi connectivity index (χ2n) is 16.7. The normalized spacial score (nSPS) is 23.8. The van der Waals surface area contributed by atoms with E-state index in [4.69, 9.17) is 14.5 Å². The highest BCUT2D eigenvalue weighted by Crippen LogP contribution is 2.73. The molecule has 2 aromatic carbocycles. The Hall–Kier alpha value is -4.92. The molecular formula is C40H49N5O9S. The van der Waals surface area contributed by atoms with Gasteiger partial charge in [0.1, 0.15) is 35.2 Å². The van der Waals surface area contributed by atoms with Crippen LogP contribution >= 0.6 is 0 Å². The highest BCUT2D eigenvalue weighted by atomic mass is 32.2. The van der Waals surface area contributed by atoms with Gasteiger partial charge >= 0.3 is 6.09 Å². The second kappa shape index (κ2) is 13.7. The number of sulfonamides is 1. The fourth-order valence-corrected chi connectivity index (χ4v) is 10.0. The maximum atomic E-state index is 14.5. The number of hydrogen-bond acceptors (Lipinski definition) is 9. The first-order chi connectivity index (χ1) is 26.0. The third kappa shape index (κ3) is 7.07. The molecule has 4 amide bonds. The second-order valence-corrected chi connectivity index (χ2v) is 18.8. The summed E-state index contributed by atoms with van der Waals surface area (Å²) in [6.45, 7) is 7.00. The highest BCUT2D eigenvalue weighted by molar-refractivity contribution is 7.91. The summed E-state index contributed by atoms with van der Waals surface area (Å²) in [4.78, 5) is 60.9. The zero-order valence-corrected chi connectivity index (χ0v) is 32.6. The molecule has 4 N–H and O–H groups in total. The molecule has 4 unspecified atom stereocenters. The Morgan fingerprint density at radius 3 is 2.33 bits per heavy atom. The van der Waals surface area contributed by atoms with E-state index in [-0.39, 0.29) is 19.4 Å². The standard InChI is InChI=1S/C40H49N5O9S/c1-6-14-39(17-18-39)55(51,52)44-35(48)40(23-38(40)15-16-38)43-33(46)30-20-26(22-45(30)34(47)32(37(2,3)4)42-36(49)50)54-31-21-28(24-10-8-7-9-11-24)41-29-19-25(53-5)12-13-27(29)31/h7-13,19,21,26,30,32,42H,6,14-18,20,22-23H2,1-5H3,(H,43,46)(H,44,48)(H,49,50). The summed E-state index contributed by atoms with van der Waals surface area (Å²) in [7, 11) is -2.43. The first kappa shape index (κ1) is 38.4. The van der Waals surface area contributed by atoms with Crippen LogP contribution in [0.2, 0.25) is 0 Å². The number of hydrogen-bond donors (Lipinski definition) is 4. The van der Waals surface area contributed by atoms with Gasteiger partial charge in [-0.05, 0) is 56.1 Å². The number of pyridine rings is 1. The number of likely N-dealkylation sites (tertiary alicyclic amines) is 1. The number of benzene rings is 2. The minimum Gasteiger partial charge on any atom is -0.497 e. The number of rotatable bonds is 13. The fraction of sp³-hybridized carbons (Fsp3) is 0.525. The van der Waals surface area contributed by atoms with E-state index >= 15 is 0 Å². The van der Waals surface area contributed by atoms with Gasteiger partial charge in [-0.2, -0.15) is 0 Å². The third-order valence-corrected chi connectivity index (χ3v) is 14.1. The van der Waals surface area contributed by atoms with Crippen LogP contribution in [0, 0.1) is 10.8 Å². The first-order valence-corrected chi connectivity index (χ1v) is 20.3. The lowest BCUT2D eigenvalue weighted by Crippen LogP contribution is -2.60. The van der Waals surface area contributed by atoms with Gasteiger partial charge in [0.25, 0.3) is 5.91 Å². The third-order valence-electron chi connectivity index (χ3n) is 11.8. The molecule has 1 spiro atoms. The Labute approximate surface area is 320 Å². The van der Waals surface area contributed by atoms with Crippen molar-refractivity contribution in [1.82, 2.24) is 25.2 Å². The van der Waals surface area contributed by atoms with Crippen LogP contribution < -0.4 is 24.8 Å². The minimum absolute atomic E-state index is 0.0186. The van der Waals surface area contributed by atoms with Gasteiger partial charge in [0, 0.05) is 34.9 Å². The van der Waals surface area contributed by atoms with E-state index in [1.807, 2.05) is 43.3 Å². The quantitative estimate of drug-likeness (QED) is 0.188. The van der Waals surface area contributed by atoms with Crippen molar-refractivity contribution < 1.29 is 42.2 Å². The molecule has 7 rings (SSSR count). The molecule has 3 saturated carbocycles. The predicted molar refractivity (Wildman–Crippen MR) is 204 cm³/mol. The van der Waals surface area contributed by atoms with Crippen molar-refractivity contribution >= 4 is 44.7 Å². The van der Waals surface area contributed by atoms with Gasteiger partial charge in [0.05, 0.1) is 29.6 Å². The zero-order valence-electron chi connectivity index (χ0n) is 31.8. The van der Waals surface area contributed by atoms with E-state index < -0.39 is 73.1 Å². The SMILES string of the molecule is CCCC1(S(=O)(=O)NC(=O)C2(NC(=O)C3CC(Oc4cc(-c5ccccc5)nc5cc(OC)ccc45)CN3C(=O)C(NC(=O)O)C(C)(C)C)CC23CC3)CC1. The summed E-state index contributed by atoms with van der Waals surface area (Å²) in [5.41, 5.74) is -0.781. The number of methoxy groups -OCH3 is 1. The van der Waals surface area contributed by atoms with Crippen LogP contribution in [-0.4, -0.2) is 89.4 Å². The molecule has 4 atom stereocenters. The summed E-state index contributed by atoms with van der Waals surface area (Å²) in [5.74, 6) is -0.952. The molecule has 15 heteroatoms. The average Bonchev–Trinajstić information content (AvgIpc) is 4.10. The lowest BCUT2D eigenvalue weighted by atomic mass is 9.85. The van der Waals surface area contributed by atoms with Crippen LogP contribution in [0.3, 0.4) is 0 Å². The van der Waals surface area contributed by atoms with E-state index in [9.17, 15) is 32.7 Å². The van der Waals surface area contributed by atoms with Gasteiger partial charge in [-0.15, -0.1) is 0 Å². The molecule has 1 saturated heterocycles. The number of fused-ring (bicyclic) bond motifs is 1. The minimum atomic E-state index is -4.00. The highest BCUT2D eigenvalue weighted by Gasteiger charge is 2.79. The topological polar surface area (TPSA) is 193 Å². The maximum absolute atomic E-state index is 14.5. The van der Waals surface area contributed by atoms with Gasteiger partial charge in [-0.25, -0.2) is 18.2 Å². The van der Waals surface area contributed by atoms with Crippen molar-refractivity contribution in [2.45, 2.75) is 108 Å². The van der Waals surface area contributed by atoms with Crippen molar-refractivity contribution in [3.8, 4) is 22.8 Å². The number of ether oxygens (including phenoxy) is 2. The van der Waals surface area contributed by atoms with Crippen LogP contribution in [0.25, 0.3) is 22.2 Å². The number of carbonyl (C=O) groups excluding carboxylic acids is 3. The lowest BCUT2D eigenvalue weighted by molar-refractivity contribution is -0.142. The molecule has 55 heavy (non-hydrogen) atoms. The molecule has 4 fully saturated rings. The number of nitrogens with one attached hydrogen (secondary N) is 3. The summed E-state index contributed by atoms with van der Waals surface area (Å²) in [6.07, 6.45) is 1.52. The van der Waals surface area contributed by atoms with Gasteiger partial charge < -0.3 is 30.1 Å². The van der Waals surface area contributed by atoms with Crippen LogP contribution in [0.4, 0.5) is 4.79 Å². The Morgan fingerprint density at radius 1 is 1.04 bits per heavy atom. The van der Waals surface area contributed by atoms with Gasteiger partial charge in [0.15, 0.2) is 0 Å². The Morgan fingerprint density at radius 2 is 1.75 bits per heavy atom. The molecule has 294 valence electrons. The number of aromatic nitrogens is 1. The molecule has 0 radical (unpaired) electrons. The van der Waals surface area contributed by atoms with E-state index in [1.54, 1.807) is 46.1 Å². The molecule has 0 bridgehead atoms. The average molecular weight is 776 g/mol. The van der Waals surface area contributed by atoms with Crippen molar-refractivity contribution in [2.75, 3.05) is 13.7 Å². The Bertz CT molecular complexity index is 2150. The van der Waals surface area contributed by atoms with E-state index in [2.05, 4.69) is 15.4 Å². The largest absolute Gasteiger partial charge is 0.497 e. The molecule has 4 aliphatic rings. The number of carbonyl (C=O) groups is 4. The molecular weight excluding hydrogens is 727 g/mol. The van der Waals surface area contributed by atoms with Crippen LogP contribution in [-0.2, 0) is 24.4 Å². The van der Waals surface area contributed by atoms with Crippen LogP contribution in [0.15, 0.2) is 54.6 Å². The molecule has 14 nitrogen and oxygen atoms in total. The van der Waals surface area contributed by atoms with Crippen molar-refractivity contribution in [2.24, 2.45) is 10.8 Å². The van der Waals surface area contributed by atoms with Crippen molar-refractivity contribution in [3.05, 3.63) is 54.6 Å². The zero-order chi connectivity index (χ0) is 39.6. The smallest absolute Gasteiger partial charge is 0.405 e. The maximum Gasteiger partial charge on any atom is 0.405 e. The summed E-state index contributed by atoms with van der Waals surface area (Å²) in [5, 5.41) is 15.6. The number of amides is 4. The Balaban J connectivity index is 1.20. The van der Waals surface area contributed by atoms with Gasteiger partial charge in [0.2, 0.25) is 21.8 Å². The molecule has 1 aliphatic heterocycles. The summed E-state index contributed by atoms with van der Waals surface area (Å²) >= 11 is 0. The van der Waals surface area contributed by atoms with Crippen molar-refractivity contribution in [3.63, 3.8) is 0 Å². The Kier molecular flexibility index (Phi) is 9.54. The van der Waals surface area contributed by atoms with Crippen LogP contribution in [0.1, 0.15) is 79.1 Å². The summed E-state index contributed by atoms with van der Waals surface area (Å²) < 4.78 is 40.4. The monoisotopic (exact) mass is 775 g/mol. The van der Waals surface area contributed by atoms with Crippen LogP contribution in [0.5, 0.6) is 11.5 Å². The number of nitrogens with zero attached hydrogens (tertiary/aromatic N) is 2. The lowest BCUT2D eigenvalue weighted by Gasteiger charge is -2.35. The first-order valence-electron chi connectivity index (χ1n) is 18.9. The number of carboxylic acid groups (broad SMARTS) is 1. The fourth-order valence-electron chi connectivity index (χ4n) is 8.28. The van der Waals surface area contributed by atoms with Gasteiger partial charge in [-0.1, -0.05) is 64.4 Å². The summed E-state index contributed by atoms with van der Waals surface area (Å²) in [6, 6.07) is 14.4.